The molecule has 2 aromatic rings. The van der Waals surface area contributed by atoms with E-state index in [1.165, 1.54) is 27.8 Å². The van der Waals surface area contributed by atoms with Crippen LogP contribution >= 0.6 is 11.8 Å². The summed E-state index contributed by atoms with van der Waals surface area (Å²) in [5.74, 6) is 0.0468. The average molecular weight is 418 g/mol. The Labute approximate surface area is 170 Å². The van der Waals surface area contributed by atoms with Crippen LogP contribution in [0.4, 0.5) is 5.69 Å². The topological polar surface area (TPSA) is 70.6 Å². The third-order valence-corrected chi connectivity index (χ3v) is 8.13. The van der Waals surface area contributed by atoms with E-state index >= 15 is 0 Å². The number of benzene rings is 1. The molecule has 4 rings (SSSR count). The highest BCUT2D eigenvalue weighted by atomic mass is 32.2. The van der Waals surface area contributed by atoms with Crippen LogP contribution in [-0.4, -0.2) is 48.5 Å². The van der Waals surface area contributed by atoms with Crippen LogP contribution in [0.25, 0.3) is 0 Å². The lowest BCUT2D eigenvalue weighted by atomic mass is 10.2. The van der Waals surface area contributed by atoms with E-state index in [4.69, 9.17) is 0 Å². The molecule has 1 unspecified atom stereocenters. The van der Waals surface area contributed by atoms with Gasteiger partial charge in [-0.25, -0.2) is 13.4 Å². The number of carbonyl (C=O) groups excluding carboxylic acids is 1. The fourth-order valence-corrected chi connectivity index (χ4v) is 6.00. The molecule has 0 radical (unpaired) electrons. The molecule has 0 aliphatic carbocycles. The molecule has 0 N–H and O–H groups in total. The second-order valence-electron chi connectivity index (χ2n) is 7.07. The van der Waals surface area contributed by atoms with Gasteiger partial charge in [-0.1, -0.05) is 30.0 Å². The number of aromatic nitrogens is 1. The molecule has 6 nitrogen and oxygen atoms in total. The van der Waals surface area contributed by atoms with Gasteiger partial charge in [-0.3, -0.25) is 4.79 Å². The summed E-state index contributed by atoms with van der Waals surface area (Å²) >= 11 is 1.35. The molecule has 2 aliphatic heterocycles. The summed E-state index contributed by atoms with van der Waals surface area (Å²) in [5.41, 5.74) is 2.18. The molecule has 0 bridgehead atoms. The number of anilines is 1. The third kappa shape index (κ3) is 3.68. The molecule has 3 heterocycles. The SMILES string of the molecule is CC(Sc1ccc(S(=O)(=O)N2CCCC2)cn1)C(=O)N1CCc2ccccc21. The first kappa shape index (κ1) is 19.4. The van der Waals surface area contributed by atoms with Gasteiger partial charge in [0.1, 0.15) is 4.90 Å². The Hall–Kier alpha value is -1.90. The number of para-hydroxylation sites is 1. The van der Waals surface area contributed by atoms with Crippen LogP contribution in [0.2, 0.25) is 0 Å². The van der Waals surface area contributed by atoms with Crippen molar-refractivity contribution in [3.05, 3.63) is 48.2 Å². The Morgan fingerprint density at radius 3 is 2.57 bits per heavy atom. The highest BCUT2D eigenvalue weighted by Crippen LogP contribution is 2.31. The van der Waals surface area contributed by atoms with E-state index in [-0.39, 0.29) is 16.1 Å². The van der Waals surface area contributed by atoms with Gasteiger partial charge in [0.15, 0.2) is 0 Å². The Morgan fingerprint density at radius 2 is 1.86 bits per heavy atom. The lowest BCUT2D eigenvalue weighted by Gasteiger charge is -2.21. The predicted octanol–water partition coefficient (Wildman–Crippen LogP) is 2.94. The van der Waals surface area contributed by atoms with E-state index in [0.29, 0.717) is 24.7 Å². The van der Waals surface area contributed by atoms with Crippen molar-refractivity contribution in [2.75, 3.05) is 24.5 Å². The number of thioether (sulfide) groups is 1. The molecule has 1 fully saturated rings. The van der Waals surface area contributed by atoms with Gasteiger partial charge in [0, 0.05) is 31.5 Å². The van der Waals surface area contributed by atoms with Crippen molar-refractivity contribution in [2.45, 2.75) is 41.4 Å². The van der Waals surface area contributed by atoms with Gasteiger partial charge >= 0.3 is 0 Å². The van der Waals surface area contributed by atoms with E-state index in [0.717, 1.165) is 24.9 Å². The van der Waals surface area contributed by atoms with Gasteiger partial charge in [-0.15, -0.1) is 0 Å². The highest BCUT2D eigenvalue weighted by Gasteiger charge is 2.29. The maximum absolute atomic E-state index is 12.9. The maximum Gasteiger partial charge on any atom is 0.244 e. The standard InChI is InChI=1S/C20H23N3O3S2/c1-15(20(24)23-13-10-16-6-2-3-7-18(16)23)27-19-9-8-17(14-21-19)28(25,26)22-11-4-5-12-22/h2-3,6-9,14-15H,4-5,10-13H2,1H3. The molecule has 148 valence electrons. The summed E-state index contributed by atoms with van der Waals surface area (Å²) in [6, 6.07) is 11.3. The zero-order chi connectivity index (χ0) is 19.7. The lowest BCUT2D eigenvalue weighted by Crippen LogP contribution is -2.35. The number of hydrogen-bond acceptors (Lipinski definition) is 5. The summed E-state index contributed by atoms with van der Waals surface area (Å²) in [7, 11) is -3.46. The van der Waals surface area contributed by atoms with Crippen molar-refractivity contribution >= 4 is 33.4 Å². The molecule has 8 heteroatoms. The smallest absolute Gasteiger partial charge is 0.244 e. The molecule has 0 spiro atoms. The van der Waals surface area contributed by atoms with Gasteiger partial charge in [-0.2, -0.15) is 4.31 Å². The van der Waals surface area contributed by atoms with Gasteiger partial charge in [-0.05, 0) is 49.9 Å². The van der Waals surface area contributed by atoms with Crippen molar-refractivity contribution in [2.24, 2.45) is 0 Å². The van der Waals surface area contributed by atoms with E-state index in [2.05, 4.69) is 11.1 Å². The van der Waals surface area contributed by atoms with Crippen LogP contribution in [0.15, 0.2) is 52.5 Å². The summed E-state index contributed by atoms with van der Waals surface area (Å²) in [6.07, 6.45) is 4.08. The molecule has 1 atom stereocenters. The van der Waals surface area contributed by atoms with Gasteiger partial charge in [0.2, 0.25) is 15.9 Å². The molecule has 2 aliphatic rings. The van der Waals surface area contributed by atoms with Crippen LogP contribution in [0.1, 0.15) is 25.3 Å². The normalized spacial score (nSPS) is 18.2. The number of pyridine rings is 1. The minimum Gasteiger partial charge on any atom is -0.311 e. The summed E-state index contributed by atoms with van der Waals surface area (Å²) in [6.45, 7) is 3.71. The molecular weight excluding hydrogens is 394 g/mol. The first-order chi connectivity index (χ1) is 13.5. The van der Waals surface area contributed by atoms with Crippen molar-refractivity contribution < 1.29 is 13.2 Å². The number of fused-ring (bicyclic) bond motifs is 1. The molecule has 28 heavy (non-hydrogen) atoms. The van der Waals surface area contributed by atoms with Crippen LogP contribution in [0.5, 0.6) is 0 Å². The summed E-state index contributed by atoms with van der Waals surface area (Å²) in [4.78, 5) is 19.2. The Bertz CT molecular complexity index is 970. The van der Waals surface area contributed by atoms with Crippen molar-refractivity contribution in [3.63, 3.8) is 0 Å². The van der Waals surface area contributed by atoms with Crippen LogP contribution in [0, 0.1) is 0 Å². The van der Waals surface area contributed by atoms with Crippen molar-refractivity contribution in [1.29, 1.82) is 0 Å². The molecule has 0 saturated carbocycles. The number of nitrogens with zero attached hydrogens (tertiary/aromatic N) is 3. The van der Waals surface area contributed by atoms with Gasteiger partial charge in [0.05, 0.1) is 10.3 Å². The highest BCUT2D eigenvalue weighted by molar-refractivity contribution is 8.00. The van der Waals surface area contributed by atoms with Crippen LogP contribution in [-0.2, 0) is 21.2 Å². The predicted molar refractivity (Wildman–Crippen MR) is 110 cm³/mol. The van der Waals surface area contributed by atoms with Gasteiger partial charge < -0.3 is 4.90 Å². The average Bonchev–Trinajstić information content (AvgIpc) is 3.38. The first-order valence-electron chi connectivity index (χ1n) is 9.49. The Morgan fingerprint density at radius 1 is 1.11 bits per heavy atom. The Balaban J connectivity index is 1.44. The van der Waals surface area contributed by atoms with E-state index in [1.807, 2.05) is 30.0 Å². The van der Waals surface area contributed by atoms with Crippen LogP contribution < -0.4 is 4.90 Å². The monoisotopic (exact) mass is 417 g/mol. The molecule has 1 aromatic carbocycles. The fourth-order valence-electron chi connectivity index (χ4n) is 3.68. The lowest BCUT2D eigenvalue weighted by molar-refractivity contribution is -0.117. The second kappa shape index (κ2) is 7.85. The Kier molecular flexibility index (Phi) is 5.44. The number of carbonyl (C=O) groups is 1. The fraction of sp³-hybridized carbons (Fsp3) is 0.400. The molecular formula is C20H23N3O3S2. The minimum absolute atomic E-state index is 0.0468. The van der Waals surface area contributed by atoms with E-state index in [9.17, 15) is 13.2 Å². The van der Waals surface area contributed by atoms with E-state index < -0.39 is 10.0 Å². The summed E-state index contributed by atoms with van der Waals surface area (Å²) < 4.78 is 26.7. The molecule has 1 aromatic heterocycles. The number of amides is 1. The third-order valence-electron chi connectivity index (χ3n) is 5.21. The van der Waals surface area contributed by atoms with Crippen molar-refractivity contribution in [1.82, 2.24) is 9.29 Å². The minimum atomic E-state index is -3.46. The summed E-state index contributed by atoms with van der Waals surface area (Å²) in [5, 5.41) is 0.341. The number of rotatable bonds is 5. The quantitative estimate of drug-likeness (QED) is 0.700. The van der Waals surface area contributed by atoms with Crippen LogP contribution in [0.3, 0.4) is 0 Å². The second-order valence-corrected chi connectivity index (χ2v) is 10.4. The first-order valence-corrected chi connectivity index (χ1v) is 11.8. The number of hydrogen-bond donors (Lipinski definition) is 0. The zero-order valence-corrected chi connectivity index (χ0v) is 17.4. The maximum atomic E-state index is 12.9. The number of sulfonamides is 1. The molecule has 1 amide bonds. The van der Waals surface area contributed by atoms with E-state index in [1.54, 1.807) is 12.1 Å². The largest absolute Gasteiger partial charge is 0.311 e. The van der Waals surface area contributed by atoms with Crippen molar-refractivity contribution in [3.8, 4) is 0 Å². The molecule has 1 saturated heterocycles. The zero-order valence-electron chi connectivity index (χ0n) is 15.7. The van der Waals surface area contributed by atoms with Gasteiger partial charge in [0.25, 0.3) is 0 Å².